The molecule has 0 aliphatic rings. The van der Waals surface area contributed by atoms with E-state index in [4.69, 9.17) is 11.5 Å². The molecule has 0 bridgehead atoms. The molecule has 0 aromatic heterocycles. The van der Waals surface area contributed by atoms with E-state index in [0.717, 1.165) is 0 Å². The summed E-state index contributed by atoms with van der Waals surface area (Å²) in [7, 11) is 0. The molecule has 63 valence electrons. The van der Waals surface area contributed by atoms with Crippen molar-refractivity contribution in [3.63, 3.8) is 0 Å². The number of benzene rings is 1. The number of amides is 1. The first-order chi connectivity index (χ1) is 5.70. The average molecular weight is 186 g/mol. The Balaban J connectivity index is 0.00000144. The van der Waals surface area contributed by atoms with E-state index in [1.54, 1.807) is 24.3 Å². The molecule has 1 rings (SSSR count). The quantitative estimate of drug-likeness (QED) is 0.359. The van der Waals surface area contributed by atoms with Gasteiger partial charge in [0.1, 0.15) is 0 Å². The Hall–Kier alpha value is -0.840. The molecule has 13 heavy (non-hydrogen) atoms. The molecule has 4 nitrogen and oxygen atoms in total. The van der Waals surface area contributed by atoms with Gasteiger partial charge in [-0.3, -0.25) is 4.79 Å². The van der Waals surface area contributed by atoms with Gasteiger partial charge in [-0.05, 0) is 12.1 Å². The molecule has 0 atom stereocenters. The zero-order chi connectivity index (χ0) is 8.97. The van der Waals surface area contributed by atoms with Crippen molar-refractivity contribution in [3.8, 4) is 0 Å². The molecular weight excluding hydrogens is 177 g/mol. The fraction of sp³-hybridized carbons (Fsp3) is 0. The van der Waals surface area contributed by atoms with E-state index < -0.39 is 5.91 Å². The third-order valence-electron chi connectivity index (χ3n) is 1.25. The van der Waals surface area contributed by atoms with E-state index in [0.29, 0.717) is 5.56 Å². The number of hydrogen-bond donors (Lipinski definition) is 2. The zero-order valence-corrected chi connectivity index (χ0v) is 9.40. The van der Waals surface area contributed by atoms with Crippen molar-refractivity contribution in [1.29, 1.82) is 0 Å². The van der Waals surface area contributed by atoms with Crippen LogP contribution in [0, 0.1) is 0 Å². The fourth-order valence-corrected chi connectivity index (χ4v) is 0.763. The minimum atomic E-state index is -0.421. The Morgan fingerprint density at radius 1 is 1.15 bits per heavy atom. The van der Waals surface area contributed by atoms with Crippen LogP contribution in [0.4, 0.5) is 0 Å². The van der Waals surface area contributed by atoms with Gasteiger partial charge in [-0.1, -0.05) is 18.2 Å². The maximum atomic E-state index is 11.1. The van der Waals surface area contributed by atoms with Crippen LogP contribution in [0.25, 0.3) is 0 Å². The van der Waals surface area contributed by atoms with Crippen LogP contribution >= 0.6 is 0 Å². The summed E-state index contributed by atoms with van der Waals surface area (Å²) in [5.74, 6) is -0.639. The summed E-state index contributed by atoms with van der Waals surface area (Å²) in [6.07, 6.45) is 0. The van der Waals surface area contributed by atoms with E-state index in [9.17, 15) is 4.79 Å². The van der Waals surface area contributed by atoms with Crippen LogP contribution in [0.15, 0.2) is 35.3 Å². The molecule has 0 spiro atoms. The second-order valence-electron chi connectivity index (χ2n) is 2.21. The van der Waals surface area contributed by atoms with Crippen molar-refractivity contribution in [3.05, 3.63) is 35.9 Å². The molecular formula is C8H9N3NaO. The summed E-state index contributed by atoms with van der Waals surface area (Å²) in [5.41, 5.74) is 10.6. The maximum absolute atomic E-state index is 11.1. The van der Waals surface area contributed by atoms with Crippen molar-refractivity contribution in [2.45, 2.75) is 0 Å². The number of nitrogens with two attached hydrogens (primary N) is 2. The van der Waals surface area contributed by atoms with Gasteiger partial charge >= 0.3 is 0 Å². The predicted molar refractivity (Wildman–Crippen MR) is 52.3 cm³/mol. The summed E-state index contributed by atoms with van der Waals surface area (Å²) in [6.45, 7) is 0. The van der Waals surface area contributed by atoms with Crippen molar-refractivity contribution in [2.75, 3.05) is 0 Å². The summed E-state index contributed by atoms with van der Waals surface area (Å²) < 4.78 is 0. The zero-order valence-electron chi connectivity index (χ0n) is 7.40. The van der Waals surface area contributed by atoms with Crippen molar-refractivity contribution >= 4 is 41.4 Å². The van der Waals surface area contributed by atoms with Crippen LogP contribution in [-0.2, 0) is 0 Å². The molecule has 0 heterocycles. The number of aliphatic imine (C=N–C) groups is 1. The molecule has 4 N–H and O–H groups in total. The number of guanidine groups is 1. The molecule has 1 radical (unpaired) electrons. The third kappa shape index (κ3) is 4.07. The van der Waals surface area contributed by atoms with Crippen LogP contribution in [0.1, 0.15) is 10.4 Å². The smallest absolute Gasteiger partial charge is 0.280 e. The van der Waals surface area contributed by atoms with Crippen LogP contribution in [0.2, 0.25) is 0 Å². The second-order valence-corrected chi connectivity index (χ2v) is 2.21. The summed E-state index contributed by atoms with van der Waals surface area (Å²) in [6, 6.07) is 8.60. The number of carbonyl (C=O) groups excluding carboxylic acids is 1. The van der Waals surface area contributed by atoms with E-state index in [1.165, 1.54) is 0 Å². The monoisotopic (exact) mass is 186 g/mol. The molecule has 0 fully saturated rings. The Bertz CT molecular complexity index is 306. The Labute approximate surface area is 98.3 Å². The minimum Gasteiger partial charge on any atom is -0.370 e. The van der Waals surface area contributed by atoms with Crippen LogP contribution < -0.4 is 11.5 Å². The third-order valence-corrected chi connectivity index (χ3v) is 1.25. The molecule has 1 aromatic rings. The molecule has 0 unspecified atom stereocenters. The summed E-state index contributed by atoms with van der Waals surface area (Å²) in [4.78, 5) is 14.5. The second kappa shape index (κ2) is 5.75. The van der Waals surface area contributed by atoms with Gasteiger partial charge in [0.05, 0.1) is 0 Å². The summed E-state index contributed by atoms with van der Waals surface area (Å²) >= 11 is 0. The standard InChI is InChI=1S/C8H9N3O.Na/c9-8(10)11-7(12)6-4-2-1-3-5-6;/h1-5H,(H4,9,10,11,12);. The van der Waals surface area contributed by atoms with E-state index >= 15 is 0 Å². The Kier molecular flexibility index (Phi) is 5.37. The molecule has 0 aliphatic carbocycles. The van der Waals surface area contributed by atoms with Gasteiger partial charge in [0.2, 0.25) is 0 Å². The van der Waals surface area contributed by atoms with Crippen LogP contribution in [0.5, 0.6) is 0 Å². The van der Waals surface area contributed by atoms with E-state index in [-0.39, 0.29) is 35.5 Å². The SMILES string of the molecule is NC(N)=NC(=O)c1ccccc1.[Na]. The van der Waals surface area contributed by atoms with Crippen molar-refractivity contribution < 1.29 is 4.79 Å². The normalized spacial score (nSPS) is 8.31. The molecule has 0 saturated heterocycles. The summed E-state index contributed by atoms with van der Waals surface area (Å²) in [5, 5.41) is 0. The van der Waals surface area contributed by atoms with E-state index in [1.807, 2.05) is 6.07 Å². The molecule has 0 aliphatic heterocycles. The van der Waals surface area contributed by atoms with Gasteiger partial charge < -0.3 is 11.5 Å². The first kappa shape index (κ1) is 12.2. The first-order valence-electron chi connectivity index (χ1n) is 3.39. The Morgan fingerprint density at radius 3 is 2.15 bits per heavy atom. The molecule has 1 amide bonds. The van der Waals surface area contributed by atoms with Crippen molar-refractivity contribution in [1.82, 2.24) is 0 Å². The molecule has 1 aromatic carbocycles. The van der Waals surface area contributed by atoms with Crippen LogP contribution in [0.3, 0.4) is 0 Å². The van der Waals surface area contributed by atoms with Gasteiger partial charge in [0, 0.05) is 35.1 Å². The fourth-order valence-electron chi connectivity index (χ4n) is 0.763. The van der Waals surface area contributed by atoms with Gasteiger partial charge in [-0.25, -0.2) is 0 Å². The van der Waals surface area contributed by atoms with Gasteiger partial charge in [-0.2, -0.15) is 4.99 Å². The average Bonchev–Trinajstić information content (AvgIpc) is 2.05. The maximum Gasteiger partial charge on any atom is 0.280 e. The largest absolute Gasteiger partial charge is 0.370 e. The molecule has 0 saturated carbocycles. The van der Waals surface area contributed by atoms with E-state index in [2.05, 4.69) is 4.99 Å². The minimum absolute atomic E-state index is 0. The van der Waals surface area contributed by atoms with Crippen molar-refractivity contribution in [2.24, 2.45) is 16.5 Å². The van der Waals surface area contributed by atoms with Gasteiger partial charge in [0.25, 0.3) is 5.91 Å². The van der Waals surface area contributed by atoms with Gasteiger partial charge in [0.15, 0.2) is 5.96 Å². The molecule has 5 heteroatoms. The number of rotatable bonds is 1. The first-order valence-corrected chi connectivity index (χ1v) is 3.39. The topological polar surface area (TPSA) is 81.5 Å². The van der Waals surface area contributed by atoms with Crippen LogP contribution in [-0.4, -0.2) is 41.4 Å². The Morgan fingerprint density at radius 2 is 1.69 bits per heavy atom. The number of carbonyl (C=O) groups is 1. The van der Waals surface area contributed by atoms with Gasteiger partial charge in [-0.15, -0.1) is 0 Å². The number of nitrogens with zero attached hydrogens (tertiary/aromatic N) is 1. The predicted octanol–water partition coefficient (Wildman–Crippen LogP) is -0.281. The number of hydrogen-bond acceptors (Lipinski definition) is 1.